The summed E-state index contributed by atoms with van der Waals surface area (Å²) >= 11 is 0. The number of aromatic hydroxyl groups is 1. The first kappa shape index (κ1) is 63.7. The van der Waals surface area contributed by atoms with Crippen molar-refractivity contribution in [3.63, 3.8) is 0 Å². The van der Waals surface area contributed by atoms with E-state index in [2.05, 4.69) is 34.3 Å². The van der Waals surface area contributed by atoms with Crippen LogP contribution in [0.4, 0.5) is 28.4 Å². The summed E-state index contributed by atoms with van der Waals surface area (Å²) in [5.41, 5.74) is 3.40. The summed E-state index contributed by atoms with van der Waals surface area (Å²) < 4.78 is 187. The Labute approximate surface area is 432 Å². The molecule has 0 saturated carbocycles. The molecule has 24 nitrogen and oxygen atoms in total. The van der Waals surface area contributed by atoms with Gasteiger partial charge in [-0.15, -0.1) is 10.2 Å². The van der Waals surface area contributed by atoms with Gasteiger partial charge in [-0.25, -0.2) is 50.5 Å². The van der Waals surface area contributed by atoms with E-state index < -0.39 is 116 Å². The van der Waals surface area contributed by atoms with Crippen LogP contribution in [0.5, 0.6) is 5.75 Å². The van der Waals surface area contributed by atoms with Crippen molar-refractivity contribution in [2.24, 2.45) is 20.5 Å². The van der Waals surface area contributed by atoms with Gasteiger partial charge in [0.05, 0.1) is 42.0 Å². The second-order valence-corrected chi connectivity index (χ2v) is 18.7. The number of hydrogen-bond donors (Lipinski definition) is 4. The second-order valence-electron chi connectivity index (χ2n) is 10.1. The van der Waals surface area contributed by atoms with E-state index in [0.717, 1.165) is 12.1 Å². The fraction of sp³-hybridized carbons (Fsp3) is 0.0769. The van der Waals surface area contributed by atoms with Gasteiger partial charge in [0.25, 0.3) is 0 Å². The maximum Gasteiger partial charge on any atom is 1.00 e. The molecule has 0 aliphatic rings. The number of nitrogens with two attached hydrogens (primary N) is 1. The second kappa shape index (κ2) is 25.2. The molecule has 0 saturated heterocycles. The predicted molar refractivity (Wildman–Crippen MR) is 187 cm³/mol. The monoisotopic (exact) mass is 993 g/mol. The Balaban J connectivity index is -0.00000208. The van der Waals surface area contributed by atoms with Gasteiger partial charge in [-0.2, -0.15) is 10.2 Å². The summed E-state index contributed by atoms with van der Waals surface area (Å²) in [5, 5.41) is 25.0. The topological polar surface area (TPSA) is 433 Å². The summed E-state index contributed by atoms with van der Waals surface area (Å²) in [6.45, 7) is 6.67. The number of sulfone groups is 2. The number of phenolic OH excluding ortho intramolecular Hbond substituents is 1. The minimum Gasteiger partial charge on any atom is -0.744 e. The molecule has 4 aromatic rings. The molecule has 0 heterocycles. The average Bonchev–Trinajstić information content (AvgIpc) is 3.05. The number of nitrogen functional groups attached to an aromatic ring is 1. The number of anilines is 1. The van der Waals surface area contributed by atoms with E-state index in [9.17, 15) is 47.9 Å². The largest absolute Gasteiger partial charge is 1.00 e. The quantitative estimate of drug-likeness (QED) is 0.0286. The summed E-state index contributed by atoms with van der Waals surface area (Å²) in [7, 11) is -28.3. The molecule has 4 rings (SSSR count). The number of rotatable bonds is 10. The van der Waals surface area contributed by atoms with Crippen LogP contribution in [0.1, 0.15) is 0 Å². The molecule has 0 radical (unpaired) electrons. The SMILES string of the molecule is O=S(=O)([O-])O.O=S(=O)([O-])O.[CH2-]CS(=O)(=O)c1cccc(N=Nc2c(S(=O)(=O)[O-])cc3cc(S(=O)(=O)[O-])c(N=Nc4cccc(S(=O)(=O)C[CH2-])c4)c(O)c3c2N)c1.[Na+].[Na+].[Na+].[Na+]. The first-order valence-electron chi connectivity index (χ1n) is 13.8. The standard InChI is InChI=1S/C26H23N5O11S4.4Na.2H2O4S/c1-3-43(33,34)18-9-5-7-16(13-18)28-30-24-20(45(37,38)39)11-15-12-21(46(40,41)42)25(26(32)22(15)23(24)27)31-29-17-8-6-10-19(14-17)44(35,36)4-2;;;;;2*1-5(2,3)4/h5-14,32H,1-4,27H2,(H,37,38,39)(H,40,41,42);;;;;2*(H2,1,2,3,4)/q-2;4*+1;;/p-4. The molecule has 0 spiro atoms. The molecule has 0 bridgehead atoms. The number of nitrogens with zero attached hydrogens (tertiary/aromatic N) is 4. The van der Waals surface area contributed by atoms with Gasteiger partial charge < -0.3 is 42.9 Å². The zero-order valence-electron chi connectivity index (χ0n) is 31.3. The van der Waals surface area contributed by atoms with E-state index in [1.54, 1.807) is 0 Å². The molecule has 34 heteroatoms. The zero-order valence-corrected chi connectivity index (χ0v) is 44.2. The Bertz CT molecular complexity index is 2710. The third-order valence-corrected chi connectivity index (χ3v) is 11.0. The number of hydrogen-bond acceptors (Lipinski definition) is 22. The molecule has 0 fully saturated rings. The third kappa shape index (κ3) is 20.1. The van der Waals surface area contributed by atoms with Crippen LogP contribution in [0.3, 0.4) is 0 Å². The van der Waals surface area contributed by atoms with Gasteiger partial charge in [0.1, 0.15) is 31.6 Å². The molecule has 0 aromatic heterocycles. The first-order chi connectivity index (χ1) is 25.3. The van der Waals surface area contributed by atoms with Crippen molar-refractivity contribution in [3.8, 4) is 5.75 Å². The molecule has 0 amide bonds. The molecule has 60 heavy (non-hydrogen) atoms. The third-order valence-electron chi connectivity index (χ3n) is 6.27. The molecule has 0 aliphatic carbocycles. The van der Waals surface area contributed by atoms with Crippen LogP contribution < -0.4 is 124 Å². The smallest absolute Gasteiger partial charge is 0.744 e. The van der Waals surface area contributed by atoms with Crippen LogP contribution in [-0.4, -0.2) is 94.4 Å². The summed E-state index contributed by atoms with van der Waals surface area (Å²) in [5.74, 6) is -2.06. The van der Waals surface area contributed by atoms with Gasteiger partial charge in [0.15, 0.2) is 25.4 Å². The molecule has 0 atom stereocenters. The molecule has 4 aromatic carbocycles. The van der Waals surface area contributed by atoms with Crippen molar-refractivity contribution in [3.05, 3.63) is 74.5 Å². The fourth-order valence-electron chi connectivity index (χ4n) is 4.02. The molecule has 5 N–H and O–H groups in total. The Hall–Kier alpha value is -0.600. The maximum atomic E-state index is 12.2. The van der Waals surface area contributed by atoms with E-state index in [0.29, 0.717) is 12.1 Å². The zero-order chi connectivity index (χ0) is 43.2. The normalized spacial score (nSPS) is 12.1. The number of phenols is 1. The van der Waals surface area contributed by atoms with Crippen LogP contribution in [-0.2, 0) is 60.7 Å². The Morgan fingerprint density at radius 1 is 0.550 bits per heavy atom. The Morgan fingerprint density at radius 2 is 0.867 bits per heavy atom. The summed E-state index contributed by atoms with van der Waals surface area (Å²) in [6.07, 6.45) is 0. The van der Waals surface area contributed by atoms with Crippen molar-refractivity contribution in [2.45, 2.75) is 19.6 Å². The van der Waals surface area contributed by atoms with Gasteiger partial charge in [-0.3, -0.25) is 9.11 Å². The minimum atomic E-state index is -5.45. The van der Waals surface area contributed by atoms with Crippen molar-refractivity contribution in [1.82, 2.24) is 0 Å². The first-order valence-corrected chi connectivity index (χ1v) is 22.6. The van der Waals surface area contributed by atoms with E-state index in [-0.39, 0.29) is 139 Å². The van der Waals surface area contributed by atoms with Crippen LogP contribution in [0.15, 0.2) is 101 Å². The van der Waals surface area contributed by atoms with E-state index in [1.165, 1.54) is 36.4 Å². The Kier molecular flexibility index (Phi) is 26.7. The van der Waals surface area contributed by atoms with E-state index in [1.807, 2.05) is 0 Å². The van der Waals surface area contributed by atoms with Crippen LogP contribution >= 0.6 is 0 Å². The number of fused-ring (bicyclic) bond motifs is 1. The molecular formula is C26H23N5Na4O19S6-2. The van der Waals surface area contributed by atoms with Gasteiger partial charge >= 0.3 is 118 Å². The van der Waals surface area contributed by atoms with Crippen LogP contribution in [0.25, 0.3) is 10.8 Å². The fourth-order valence-corrected chi connectivity index (χ4v) is 6.97. The average molecular weight is 994 g/mol. The summed E-state index contributed by atoms with van der Waals surface area (Å²) in [6, 6.07) is 11.1. The molecule has 308 valence electrons. The van der Waals surface area contributed by atoms with Crippen molar-refractivity contribution < 1.29 is 201 Å². The van der Waals surface area contributed by atoms with Crippen molar-refractivity contribution in [2.75, 3.05) is 17.2 Å². The molecule has 0 aliphatic heterocycles. The van der Waals surface area contributed by atoms with Crippen molar-refractivity contribution >= 4 is 99.9 Å². The van der Waals surface area contributed by atoms with Gasteiger partial charge in [0, 0.05) is 0 Å². The number of benzene rings is 4. The van der Waals surface area contributed by atoms with Crippen molar-refractivity contribution in [1.29, 1.82) is 0 Å². The summed E-state index contributed by atoms with van der Waals surface area (Å²) in [4.78, 5) is -2.68. The number of azo groups is 2. The predicted octanol–water partition coefficient (Wildman–Crippen LogP) is -9.99. The van der Waals surface area contributed by atoms with Gasteiger partial charge in [-0.05, 0) is 53.9 Å². The maximum absolute atomic E-state index is 12.2. The Morgan fingerprint density at radius 3 is 1.18 bits per heavy atom. The van der Waals surface area contributed by atoms with E-state index >= 15 is 0 Å². The van der Waals surface area contributed by atoms with Crippen LogP contribution in [0.2, 0.25) is 0 Å². The van der Waals surface area contributed by atoms with Gasteiger partial charge in [0.2, 0.25) is 20.8 Å². The van der Waals surface area contributed by atoms with Crippen LogP contribution in [0, 0.1) is 13.8 Å². The molecule has 0 unspecified atom stereocenters. The molecular weight excluding hydrogens is 971 g/mol. The minimum absolute atomic E-state index is 0. The van der Waals surface area contributed by atoms with E-state index in [4.69, 9.17) is 40.8 Å². The van der Waals surface area contributed by atoms with Gasteiger partial charge in [-0.1, -0.05) is 23.6 Å².